The number of aryl methyl sites for hydroxylation is 1. The molecule has 0 bridgehead atoms. The van der Waals surface area contributed by atoms with Gasteiger partial charge in [0.15, 0.2) is 0 Å². The molecule has 0 radical (unpaired) electrons. The van der Waals surface area contributed by atoms with Gasteiger partial charge in [-0.05, 0) is 44.9 Å². The van der Waals surface area contributed by atoms with Gasteiger partial charge in [0, 0.05) is 24.2 Å². The standard InChI is InChI=1S/C16H24N2O/c1-4-17-12(2)11-16(19)18-13(3)9-10-14-7-5-6-8-15(14)18/h5-8,12-13,17H,4,9-11H2,1-3H3. The highest BCUT2D eigenvalue weighted by atomic mass is 16.2. The van der Waals surface area contributed by atoms with Gasteiger partial charge in [0.05, 0.1) is 0 Å². The number of rotatable bonds is 4. The second-order valence-corrected chi connectivity index (χ2v) is 5.44. The summed E-state index contributed by atoms with van der Waals surface area (Å²) in [6.45, 7) is 7.19. The first-order valence-corrected chi connectivity index (χ1v) is 7.26. The van der Waals surface area contributed by atoms with Gasteiger partial charge in [-0.3, -0.25) is 4.79 Å². The van der Waals surface area contributed by atoms with E-state index in [4.69, 9.17) is 0 Å². The van der Waals surface area contributed by atoms with Gasteiger partial charge in [-0.15, -0.1) is 0 Å². The summed E-state index contributed by atoms with van der Waals surface area (Å²) in [4.78, 5) is 14.5. The van der Waals surface area contributed by atoms with Crippen LogP contribution in [0.5, 0.6) is 0 Å². The van der Waals surface area contributed by atoms with Crippen molar-refractivity contribution in [3.8, 4) is 0 Å². The lowest BCUT2D eigenvalue weighted by Crippen LogP contribution is -2.44. The quantitative estimate of drug-likeness (QED) is 0.903. The summed E-state index contributed by atoms with van der Waals surface area (Å²) in [5.41, 5.74) is 2.40. The monoisotopic (exact) mass is 260 g/mol. The Balaban J connectivity index is 2.16. The average molecular weight is 260 g/mol. The zero-order valence-electron chi connectivity index (χ0n) is 12.1. The molecule has 1 amide bonds. The lowest BCUT2D eigenvalue weighted by molar-refractivity contribution is -0.119. The molecule has 0 saturated heterocycles. The third-order valence-electron chi connectivity index (χ3n) is 3.83. The second-order valence-electron chi connectivity index (χ2n) is 5.44. The number of anilines is 1. The number of fused-ring (bicyclic) bond motifs is 1. The minimum absolute atomic E-state index is 0.230. The minimum atomic E-state index is 0.230. The fourth-order valence-corrected chi connectivity index (χ4v) is 2.85. The Bertz CT molecular complexity index is 444. The van der Waals surface area contributed by atoms with Crippen molar-refractivity contribution in [3.63, 3.8) is 0 Å². The fraction of sp³-hybridized carbons (Fsp3) is 0.562. The minimum Gasteiger partial charge on any atom is -0.314 e. The molecule has 1 N–H and O–H groups in total. The third-order valence-corrected chi connectivity index (χ3v) is 3.83. The molecule has 0 aromatic heterocycles. The first-order chi connectivity index (χ1) is 9.13. The predicted octanol–water partition coefficient (Wildman–Crippen LogP) is 2.74. The highest BCUT2D eigenvalue weighted by molar-refractivity contribution is 5.95. The van der Waals surface area contributed by atoms with Gasteiger partial charge in [-0.2, -0.15) is 0 Å². The van der Waals surface area contributed by atoms with Crippen LogP contribution in [-0.4, -0.2) is 24.5 Å². The van der Waals surface area contributed by atoms with Crippen molar-refractivity contribution in [1.82, 2.24) is 5.32 Å². The van der Waals surface area contributed by atoms with Crippen LogP contribution in [0.3, 0.4) is 0 Å². The molecule has 2 unspecified atom stereocenters. The van der Waals surface area contributed by atoms with Gasteiger partial charge < -0.3 is 10.2 Å². The van der Waals surface area contributed by atoms with E-state index in [0.717, 1.165) is 25.1 Å². The highest BCUT2D eigenvalue weighted by Crippen LogP contribution is 2.31. The molecule has 1 aromatic rings. The summed E-state index contributed by atoms with van der Waals surface area (Å²) in [7, 11) is 0. The van der Waals surface area contributed by atoms with E-state index >= 15 is 0 Å². The van der Waals surface area contributed by atoms with Crippen molar-refractivity contribution in [2.75, 3.05) is 11.4 Å². The molecule has 2 atom stereocenters. The molecule has 0 spiro atoms. The van der Waals surface area contributed by atoms with Gasteiger partial charge in [0.2, 0.25) is 5.91 Å². The van der Waals surface area contributed by atoms with Gasteiger partial charge in [0.1, 0.15) is 0 Å². The van der Waals surface area contributed by atoms with Gasteiger partial charge >= 0.3 is 0 Å². The molecular weight excluding hydrogens is 236 g/mol. The molecule has 1 aliphatic heterocycles. The molecule has 19 heavy (non-hydrogen) atoms. The van der Waals surface area contributed by atoms with E-state index in [9.17, 15) is 4.79 Å². The fourth-order valence-electron chi connectivity index (χ4n) is 2.85. The van der Waals surface area contributed by atoms with Crippen LogP contribution < -0.4 is 10.2 Å². The molecule has 3 nitrogen and oxygen atoms in total. The molecule has 2 rings (SSSR count). The number of para-hydroxylation sites is 1. The topological polar surface area (TPSA) is 32.3 Å². The molecule has 3 heteroatoms. The Labute approximate surface area is 116 Å². The maximum Gasteiger partial charge on any atom is 0.228 e. The van der Waals surface area contributed by atoms with E-state index in [1.807, 2.05) is 11.0 Å². The highest BCUT2D eigenvalue weighted by Gasteiger charge is 2.28. The largest absolute Gasteiger partial charge is 0.314 e. The molecule has 0 aliphatic carbocycles. The Morgan fingerprint density at radius 1 is 1.47 bits per heavy atom. The Morgan fingerprint density at radius 2 is 2.21 bits per heavy atom. The summed E-state index contributed by atoms with van der Waals surface area (Å²) in [6, 6.07) is 8.81. The summed E-state index contributed by atoms with van der Waals surface area (Å²) in [6.07, 6.45) is 2.69. The van der Waals surface area contributed by atoms with Crippen LogP contribution in [0, 0.1) is 0 Å². The normalized spacial score (nSPS) is 19.9. The number of carbonyl (C=O) groups excluding carboxylic acids is 1. The van der Waals surface area contributed by atoms with Crippen LogP contribution in [0.4, 0.5) is 5.69 Å². The molecule has 104 valence electrons. The van der Waals surface area contributed by atoms with Gasteiger partial charge in [-0.25, -0.2) is 0 Å². The predicted molar refractivity (Wildman–Crippen MR) is 79.5 cm³/mol. The van der Waals surface area contributed by atoms with Crippen molar-refractivity contribution in [3.05, 3.63) is 29.8 Å². The number of benzene rings is 1. The molecule has 0 saturated carbocycles. The van der Waals surface area contributed by atoms with Crippen molar-refractivity contribution in [2.24, 2.45) is 0 Å². The zero-order valence-corrected chi connectivity index (χ0v) is 12.1. The number of carbonyl (C=O) groups is 1. The van der Waals surface area contributed by atoms with Crippen LogP contribution >= 0.6 is 0 Å². The Kier molecular flexibility index (Phi) is 4.59. The summed E-state index contributed by atoms with van der Waals surface area (Å²) < 4.78 is 0. The van der Waals surface area contributed by atoms with Gasteiger partial charge in [-0.1, -0.05) is 25.1 Å². The second kappa shape index (κ2) is 6.20. The molecule has 1 aromatic carbocycles. The van der Waals surface area contributed by atoms with E-state index in [2.05, 4.69) is 44.3 Å². The van der Waals surface area contributed by atoms with Crippen LogP contribution in [0.15, 0.2) is 24.3 Å². The average Bonchev–Trinajstić information content (AvgIpc) is 2.38. The smallest absolute Gasteiger partial charge is 0.228 e. The zero-order chi connectivity index (χ0) is 13.8. The first kappa shape index (κ1) is 14.1. The SMILES string of the molecule is CCNC(C)CC(=O)N1c2ccccc2CCC1C. The molecule has 1 aliphatic rings. The van der Waals surface area contributed by atoms with E-state index in [0.29, 0.717) is 12.5 Å². The van der Waals surface area contributed by atoms with Crippen molar-refractivity contribution in [1.29, 1.82) is 0 Å². The van der Waals surface area contributed by atoms with Crippen LogP contribution in [0.2, 0.25) is 0 Å². The van der Waals surface area contributed by atoms with Crippen LogP contribution in [0.1, 0.15) is 39.2 Å². The Hall–Kier alpha value is -1.35. The Morgan fingerprint density at radius 3 is 2.95 bits per heavy atom. The molecule has 0 fully saturated rings. The van der Waals surface area contributed by atoms with Crippen LogP contribution in [0.25, 0.3) is 0 Å². The lowest BCUT2D eigenvalue weighted by Gasteiger charge is -2.36. The summed E-state index contributed by atoms with van der Waals surface area (Å²) >= 11 is 0. The number of hydrogen-bond donors (Lipinski definition) is 1. The maximum atomic E-state index is 12.5. The van der Waals surface area contributed by atoms with E-state index < -0.39 is 0 Å². The first-order valence-electron chi connectivity index (χ1n) is 7.26. The van der Waals surface area contributed by atoms with E-state index in [1.54, 1.807) is 0 Å². The van der Waals surface area contributed by atoms with E-state index in [-0.39, 0.29) is 11.9 Å². The third kappa shape index (κ3) is 3.16. The van der Waals surface area contributed by atoms with Gasteiger partial charge in [0.25, 0.3) is 0 Å². The number of nitrogens with one attached hydrogen (secondary N) is 1. The number of amides is 1. The molecular formula is C16H24N2O. The van der Waals surface area contributed by atoms with Crippen molar-refractivity contribution < 1.29 is 4.79 Å². The summed E-state index contributed by atoms with van der Waals surface area (Å²) in [5.74, 6) is 0.230. The summed E-state index contributed by atoms with van der Waals surface area (Å²) in [5, 5.41) is 3.31. The van der Waals surface area contributed by atoms with E-state index in [1.165, 1.54) is 5.56 Å². The maximum absolute atomic E-state index is 12.5. The number of nitrogens with zero attached hydrogens (tertiary/aromatic N) is 1. The lowest BCUT2D eigenvalue weighted by atomic mass is 9.96. The van der Waals surface area contributed by atoms with Crippen molar-refractivity contribution >= 4 is 11.6 Å². The van der Waals surface area contributed by atoms with Crippen LogP contribution in [-0.2, 0) is 11.2 Å². The van der Waals surface area contributed by atoms with Crippen molar-refractivity contribution in [2.45, 2.75) is 52.1 Å². The molecule has 1 heterocycles. The number of hydrogen-bond acceptors (Lipinski definition) is 2.